The number of carbonyl (C=O) groups is 2. The summed E-state index contributed by atoms with van der Waals surface area (Å²) in [5.74, 6) is -1.66. The van der Waals surface area contributed by atoms with E-state index in [2.05, 4.69) is 4.98 Å². The second kappa shape index (κ2) is 5.49. The van der Waals surface area contributed by atoms with E-state index in [0.717, 1.165) is 18.4 Å². The van der Waals surface area contributed by atoms with Gasteiger partial charge in [-0.1, -0.05) is 0 Å². The molecule has 1 unspecified atom stereocenters. The zero-order valence-electron chi connectivity index (χ0n) is 12.9. The first kappa shape index (κ1) is 15.2. The molecule has 0 radical (unpaired) electrons. The molecule has 1 fully saturated rings. The summed E-state index contributed by atoms with van der Waals surface area (Å²) in [5.41, 5.74) is 0.820. The number of nitrogens with zero attached hydrogens (tertiary/aromatic N) is 3. The Morgan fingerprint density at radius 3 is 2.74 bits per heavy atom. The van der Waals surface area contributed by atoms with Crippen LogP contribution in [-0.2, 0) is 4.79 Å². The van der Waals surface area contributed by atoms with E-state index in [4.69, 9.17) is 0 Å². The molecule has 7 nitrogen and oxygen atoms in total. The van der Waals surface area contributed by atoms with Crippen LogP contribution >= 0.6 is 0 Å². The van der Waals surface area contributed by atoms with Gasteiger partial charge >= 0.3 is 5.97 Å². The van der Waals surface area contributed by atoms with Crippen molar-refractivity contribution < 1.29 is 14.7 Å². The lowest BCUT2D eigenvalue weighted by Gasteiger charge is -2.26. The van der Waals surface area contributed by atoms with Crippen molar-refractivity contribution in [2.45, 2.75) is 38.8 Å². The average molecular weight is 315 g/mol. The minimum Gasteiger partial charge on any atom is -0.480 e. The van der Waals surface area contributed by atoms with Gasteiger partial charge in [-0.05, 0) is 44.4 Å². The van der Waals surface area contributed by atoms with Crippen LogP contribution in [0.25, 0.3) is 5.65 Å². The zero-order valence-corrected chi connectivity index (χ0v) is 12.9. The molecule has 2 aromatic rings. The standard InChI is InChI=1S/C16H17N3O4/c1-9-5-6-18-13(7-9)17-8-12(14(18)20)15(21)19(11-3-4-11)10(2)16(22)23/h5-8,10-11H,3-4H2,1-2H3,(H,22,23). The third kappa shape index (κ3) is 2.69. The summed E-state index contributed by atoms with van der Waals surface area (Å²) in [6, 6.07) is 2.40. The van der Waals surface area contributed by atoms with Gasteiger partial charge in [0.15, 0.2) is 0 Å². The normalized spacial score (nSPS) is 15.4. The quantitative estimate of drug-likeness (QED) is 0.911. The second-order valence-corrected chi connectivity index (χ2v) is 5.87. The van der Waals surface area contributed by atoms with Crippen molar-refractivity contribution in [3.63, 3.8) is 0 Å². The summed E-state index contributed by atoms with van der Waals surface area (Å²) in [6.07, 6.45) is 4.32. The number of pyridine rings is 1. The molecule has 0 aliphatic heterocycles. The van der Waals surface area contributed by atoms with E-state index >= 15 is 0 Å². The molecule has 1 aliphatic carbocycles. The van der Waals surface area contributed by atoms with Gasteiger partial charge in [0.2, 0.25) is 0 Å². The van der Waals surface area contributed by atoms with Crippen molar-refractivity contribution in [1.29, 1.82) is 0 Å². The van der Waals surface area contributed by atoms with Crippen molar-refractivity contribution in [2.24, 2.45) is 0 Å². The Morgan fingerprint density at radius 1 is 1.43 bits per heavy atom. The highest BCUT2D eigenvalue weighted by atomic mass is 16.4. The van der Waals surface area contributed by atoms with Crippen molar-refractivity contribution in [2.75, 3.05) is 0 Å². The van der Waals surface area contributed by atoms with E-state index in [1.54, 1.807) is 18.3 Å². The fourth-order valence-corrected chi connectivity index (χ4v) is 2.59. The third-order valence-electron chi connectivity index (χ3n) is 4.05. The van der Waals surface area contributed by atoms with Gasteiger partial charge in [-0.15, -0.1) is 0 Å². The van der Waals surface area contributed by atoms with Gasteiger partial charge in [-0.2, -0.15) is 0 Å². The molecule has 2 aromatic heterocycles. The molecule has 23 heavy (non-hydrogen) atoms. The molecule has 1 amide bonds. The number of carbonyl (C=O) groups excluding carboxylic acids is 1. The van der Waals surface area contributed by atoms with Crippen LogP contribution in [0.15, 0.2) is 29.3 Å². The van der Waals surface area contributed by atoms with Crippen molar-refractivity contribution in [1.82, 2.24) is 14.3 Å². The maximum atomic E-state index is 12.7. The molecular formula is C16H17N3O4. The Bertz CT molecular complexity index is 854. The maximum absolute atomic E-state index is 12.7. The van der Waals surface area contributed by atoms with Gasteiger partial charge in [0.1, 0.15) is 17.3 Å². The molecule has 3 rings (SSSR count). The number of fused-ring (bicyclic) bond motifs is 1. The average Bonchev–Trinajstić information content (AvgIpc) is 3.32. The molecule has 1 aliphatic rings. The molecule has 0 aromatic carbocycles. The molecule has 0 bridgehead atoms. The van der Waals surface area contributed by atoms with Crippen LogP contribution < -0.4 is 5.56 Å². The lowest BCUT2D eigenvalue weighted by molar-refractivity contribution is -0.141. The molecule has 1 N–H and O–H groups in total. The van der Waals surface area contributed by atoms with Gasteiger partial charge in [0.05, 0.1) is 0 Å². The molecule has 0 spiro atoms. The Balaban J connectivity index is 2.06. The highest BCUT2D eigenvalue weighted by Gasteiger charge is 2.39. The van der Waals surface area contributed by atoms with E-state index in [1.807, 2.05) is 6.92 Å². The molecule has 7 heteroatoms. The smallest absolute Gasteiger partial charge is 0.326 e. The second-order valence-electron chi connectivity index (χ2n) is 5.87. The van der Waals surface area contributed by atoms with Crippen LogP contribution in [0, 0.1) is 6.92 Å². The minimum atomic E-state index is -1.09. The van der Waals surface area contributed by atoms with E-state index in [9.17, 15) is 19.5 Å². The van der Waals surface area contributed by atoms with Gasteiger partial charge in [0.25, 0.3) is 11.5 Å². The van der Waals surface area contributed by atoms with Crippen LogP contribution in [0.3, 0.4) is 0 Å². The predicted molar refractivity (Wildman–Crippen MR) is 82.5 cm³/mol. The highest BCUT2D eigenvalue weighted by molar-refractivity contribution is 5.96. The zero-order chi connectivity index (χ0) is 16.7. The number of amides is 1. The Kier molecular flexibility index (Phi) is 3.63. The van der Waals surface area contributed by atoms with Gasteiger partial charge < -0.3 is 10.0 Å². The number of hydrogen-bond acceptors (Lipinski definition) is 4. The number of rotatable bonds is 4. The Morgan fingerprint density at radius 2 is 2.13 bits per heavy atom. The van der Waals surface area contributed by atoms with Crippen molar-refractivity contribution in [3.8, 4) is 0 Å². The van der Waals surface area contributed by atoms with E-state index < -0.39 is 23.5 Å². The van der Waals surface area contributed by atoms with E-state index in [0.29, 0.717) is 5.65 Å². The van der Waals surface area contributed by atoms with Crippen LogP contribution in [-0.4, -0.2) is 43.4 Å². The number of hydrogen-bond donors (Lipinski definition) is 1. The molecule has 1 atom stereocenters. The maximum Gasteiger partial charge on any atom is 0.326 e. The van der Waals surface area contributed by atoms with Crippen molar-refractivity contribution >= 4 is 17.5 Å². The number of carboxylic acids is 1. The molecule has 1 saturated carbocycles. The molecule has 120 valence electrons. The number of aromatic nitrogens is 2. The summed E-state index contributed by atoms with van der Waals surface area (Å²) in [4.78, 5) is 42.0. The van der Waals surface area contributed by atoms with Crippen LogP contribution in [0.2, 0.25) is 0 Å². The van der Waals surface area contributed by atoms with Gasteiger partial charge in [-0.25, -0.2) is 9.78 Å². The Labute approximate surface area is 132 Å². The number of carboxylic acid groups (broad SMARTS) is 1. The molecule has 2 heterocycles. The van der Waals surface area contributed by atoms with Crippen LogP contribution in [0.1, 0.15) is 35.7 Å². The van der Waals surface area contributed by atoms with Crippen LogP contribution in [0.4, 0.5) is 0 Å². The SMILES string of the molecule is Cc1ccn2c(=O)c(C(=O)N(C3CC3)C(C)C(=O)O)cnc2c1. The molecular weight excluding hydrogens is 298 g/mol. The number of aliphatic carboxylic acids is 1. The first-order valence-corrected chi connectivity index (χ1v) is 7.43. The number of aryl methyl sites for hydroxylation is 1. The third-order valence-corrected chi connectivity index (χ3v) is 4.05. The summed E-state index contributed by atoms with van der Waals surface area (Å²) in [7, 11) is 0. The summed E-state index contributed by atoms with van der Waals surface area (Å²) in [6.45, 7) is 3.34. The van der Waals surface area contributed by atoms with Gasteiger partial charge in [-0.3, -0.25) is 14.0 Å². The van der Waals surface area contributed by atoms with E-state index in [1.165, 1.54) is 22.4 Å². The Hall–Kier alpha value is -2.70. The van der Waals surface area contributed by atoms with Crippen LogP contribution in [0.5, 0.6) is 0 Å². The minimum absolute atomic E-state index is 0.105. The fraction of sp³-hybridized carbons (Fsp3) is 0.375. The largest absolute Gasteiger partial charge is 0.480 e. The van der Waals surface area contributed by atoms with Gasteiger partial charge in [0, 0.05) is 18.4 Å². The summed E-state index contributed by atoms with van der Waals surface area (Å²) >= 11 is 0. The van der Waals surface area contributed by atoms with Crippen molar-refractivity contribution in [3.05, 3.63) is 46.0 Å². The highest BCUT2D eigenvalue weighted by Crippen LogP contribution is 2.29. The topological polar surface area (TPSA) is 92.0 Å². The molecule has 0 saturated heterocycles. The monoisotopic (exact) mass is 315 g/mol. The first-order valence-electron chi connectivity index (χ1n) is 7.43. The summed E-state index contributed by atoms with van der Waals surface area (Å²) in [5, 5.41) is 9.20. The van der Waals surface area contributed by atoms with E-state index in [-0.39, 0.29) is 11.6 Å². The predicted octanol–water partition coefficient (Wildman–Crippen LogP) is 1.08. The summed E-state index contributed by atoms with van der Waals surface area (Å²) < 4.78 is 1.30. The lowest BCUT2D eigenvalue weighted by Crippen LogP contribution is -2.46. The lowest BCUT2D eigenvalue weighted by atomic mass is 10.2. The first-order chi connectivity index (χ1) is 10.9. The fourth-order valence-electron chi connectivity index (χ4n) is 2.59.